The minimum Gasteiger partial charge on any atom is -0.507 e. The Morgan fingerprint density at radius 3 is 1.26 bits per heavy atom. The second-order valence-electron chi connectivity index (χ2n) is 16.6. The van der Waals surface area contributed by atoms with Gasteiger partial charge in [0.15, 0.2) is 12.6 Å². The lowest BCUT2D eigenvalue weighted by molar-refractivity contribution is 0.111. The van der Waals surface area contributed by atoms with Crippen LogP contribution in [0.2, 0.25) is 40.2 Å². The first-order valence-corrected chi connectivity index (χ1v) is 24.1. The van der Waals surface area contributed by atoms with Crippen LogP contribution >= 0.6 is 92.8 Å². The molecule has 70 heavy (non-hydrogen) atoms. The summed E-state index contributed by atoms with van der Waals surface area (Å²) in [4.78, 5) is 64.5. The van der Waals surface area contributed by atoms with Gasteiger partial charge in [0.05, 0.1) is 30.7 Å². The highest BCUT2D eigenvalue weighted by atomic mass is 35.5. The van der Waals surface area contributed by atoms with Crippen molar-refractivity contribution < 1.29 is 33.9 Å². The van der Waals surface area contributed by atoms with Crippen molar-refractivity contribution in [2.75, 3.05) is 18.0 Å². The predicted octanol–water partition coefficient (Wildman–Crippen LogP) is 17.4. The molecule has 6 aromatic rings. The van der Waals surface area contributed by atoms with Crippen LogP contribution in [0.4, 0.5) is 5.69 Å². The Labute approximate surface area is 450 Å². The van der Waals surface area contributed by atoms with Crippen LogP contribution in [0.5, 0.6) is 5.75 Å². The lowest BCUT2D eigenvalue weighted by Crippen LogP contribution is -2.21. The van der Waals surface area contributed by atoms with E-state index in [1.54, 1.807) is 72.8 Å². The third kappa shape index (κ3) is 22.1. The first kappa shape index (κ1) is 63.3. The molecular formula is C54H53Cl8NO7. The third-order valence-electron chi connectivity index (χ3n) is 9.35. The number of phenols is 1. The SMILES string of the molecule is CC(C)(C)c1cc(C=O)cc(C(C)(C)C)c1O.CCN(CC)c1ccc(C=O)cc1.O=Cc1c(Cl)cccc1Cl.O=Cc1cc(Cl)cc(Cl)c1.O=Cc1ccc(Cl)c(Cl)c1.O=Cc1ccc(Cl)cc1Cl. The van der Waals surface area contributed by atoms with Crippen molar-refractivity contribution in [3.63, 3.8) is 0 Å². The van der Waals surface area contributed by atoms with Crippen molar-refractivity contribution in [3.05, 3.63) is 194 Å². The Morgan fingerprint density at radius 1 is 0.429 bits per heavy atom. The largest absolute Gasteiger partial charge is 0.507 e. The average molecular weight is 1110 g/mol. The van der Waals surface area contributed by atoms with Crippen LogP contribution in [-0.4, -0.2) is 55.9 Å². The molecule has 0 aromatic heterocycles. The number of nitrogens with zero attached hydrogens (tertiary/aromatic N) is 1. The molecule has 0 aliphatic rings. The maximum Gasteiger partial charge on any atom is 0.153 e. The summed E-state index contributed by atoms with van der Waals surface area (Å²) < 4.78 is 0. The minimum atomic E-state index is -0.177. The molecule has 0 amide bonds. The summed E-state index contributed by atoms with van der Waals surface area (Å²) in [6.45, 7) is 18.4. The van der Waals surface area contributed by atoms with E-state index in [0.29, 0.717) is 92.6 Å². The highest BCUT2D eigenvalue weighted by molar-refractivity contribution is 6.42. The molecule has 0 radical (unpaired) electrons. The zero-order chi connectivity index (χ0) is 53.4. The highest BCUT2D eigenvalue weighted by Crippen LogP contribution is 2.39. The van der Waals surface area contributed by atoms with Gasteiger partial charge in [0.2, 0.25) is 0 Å². The van der Waals surface area contributed by atoms with Crippen LogP contribution in [0.25, 0.3) is 0 Å². The van der Waals surface area contributed by atoms with Gasteiger partial charge in [0.1, 0.15) is 30.9 Å². The van der Waals surface area contributed by atoms with Crippen LogP contribution in [0, 0.1) is 0 Å². The molecule has 16 heteroatoms. The molecular weight excluding hydrogens is 1060 g/mol. The third-order valence-corrected chi connectivity index (χ3v) is 11.7. The van der Waals surface area contributed by atoms with Gasteiger partial charge in [0.25, 0.3) is 0 Å². The van der Waals surface area contributed by atoms with Gasteiger partial charge in [-0.2, -0.15) is 0 Å². The molecule has 0 atom stereocenters. The average Bonchev–Trinajstić information content (AvgIpc) is 3.31. The Kier molecular flexibility index (Phi) is 28.5. The fourth-order valence-electron chi connectivity index (χ4n) is 5.67. The summed E-state index contributed by atoms with van der Waals surface area (Å²) in [5.74, 6) is 0.315. The molecule has 372 valence electrons. The van der Waals surface area contributed by atoms with E-state index in [1.807, 2.05) is 65.8 Å². The molecule has 6 rings (SSSR count). The molecule has 0 fully saturated rings. The number of halogens is 8. The zero-order valence-electron chi connectivity index (χ0n) is 39.6. The molecule has 6 aromatic carbocycles. The lowest BCUT2D eigenvalue weighted by Gasteiger charge is -2.27. The van der Waals surface area contributed by atoms with E-state index < -0.39 is 0 Å². The Morgan fingerprint density at radius 2 is 0.886 bits per heavy atom. The second kappa shape index (κ2) is 31.6. The van der Waals surface area contributed by atoms with Gasteiger partial charge in [0, 0.05) is 72.8 Å². The molecule has 0 saturated carbocycles. The maximum absolute atomic E-state index is 11.0. The highest BCUT2D eigenvalue weighted by Gasteiger charge is 2.26. The summed E-state index contributed by atoms with van der Waals surface area (Å²) in [5, 5.41) is 13.9. The number of hydrogen-bond donors (Lipinski definition) is 1. The van der Waals surface area contributed by atoms with E-state index in [9.17, 15) is 33.9 Å². The van der Waals surface area contributed by atoms with E-state index in [-0.39, 0.29) is 10.8 Å². The number of rotatable bonds is 9. The maximum atomic E-state index is 11.0. The van der Waals surface area contributed by atoms with Crippen molar-refractivity contribution in [1.82, 2.24) is 0 Å². The quantitative estimate of drug-likeness (QED) is 0.142. The van der Waals surface area contributed by atoms with Crippen LogP contribution in [0.3, 0.4) is 0 Å². The summed E-state index contributed by atoms with van der Waals surface area (Å²) in [6, 6.07) is 30.3. The van der Waals surface area contributed by atoms with E-state index in [4.69, 9.17) is 92.8 Å². The van der Waals surface area contributed by atoms with Gasteiger partial charge in [-0.25, -0.2) is 0 Å². The van der Waals surface area contributed by atoms with Crippen molar-refractivity contribution >= 4 is 136 Å². The number of carbonyl (C=O) groups excluding carboxylic acids is 6. The van der Waals surface area contributed by atoms with Crippen LogP contribution in [0.15, 0.2) is 109 Å². The number of phenolic OH excluding ortho intramolecular Hbond substituents is 1. The Hall–Kier alpha value is -4.74. The number of benzene rings is 6. The Balaban J connectivity index is 0.000000425. The molecule has 0 heterocycles. The van der Waals surface area contributed by atoms with Crippen molar-refractivity contribution in [2.24, 2.45) is 0 Å². The molecule has 8 nitrogen and oxygen atoms in total. The second-order valence-corrected chi connectivity index (χ2v) is 20.0. The van der Waals surface area contributed by atoms with Gasteiger partial charge in [-0.3, -0.25) is 28.8 Å². The molecule has 0 spiro atoms. The van der Waals surface area contributed by atoms with Crippen LogP contribution in [-0.2, 0) is 10.8 Å². The molecule has 0 aliphatic carbocycles. The van der Waals surface area contributed by atoms with Gasteiger partial charge in [-0.15, -0.1) is 0 Å². The lowest BCUT2D eigenvalue weighted by atomic mass is 9.78. The normalized spacial score (nSPS) is 10.2. The fraction of sp³-hybridized carbons (Fsp3) is 0.222. The van der Waals surface area contributed by atoms with Crippen molar-refractivity contribution in [1.29, 1.82) is 0 Å². The van der Waals surface area contributed by atoms with E-state index in [2.05, 4.69) is 18.7 Å². The summed E-state index contributed by atoms with van der Waals surface area (Å²) in [5.41, 5.74) is 5.68. The number of aromatic hydroxyl groups is 1. The zero-order valence-corrected chi connectivity index (χ0v) is 45.7. The van der Waals surface area contributed by atoms with E-state index in [1.165, 1.54) is 17.8 Å². The number of anilines is 1. The molecule has 0 saturated heterocycles. The molecule has 0 bridgehead atoms. The van der Waals surface area contributed by atoms with Crippen LogP contribution < -0.4 is 4.90 Å². The molecule has 1 N–H and O–H groups in total. The smallest absolute Gasteiger partial charge is 0.153 e. The minimum absolute atomic E-state index is 0.177. The fourth-order valence-corrected chi connectivity index (χ4v) is 7.46. The summed E-state index contributed by atoms with van der Waals surface area (Å²) in [7, 11) is 0. The monoisotopic (exact) mass is 1110 g/mol. The number of hydrogen-bond acceptors (Lipinski definition) is 8. The molecule has 0 aliphatic heterocycles. The van der Waals surface area contributed by atoms with Crippen molar-refractivity contribution in [3.8, 4) is 5.75 Å². The summed E-state index contributed by atoms with van der Waals surface area (Å²) in [6.07, 6.45) is 4.47. The first-order chi connectivity index (χ1) is 32.8. The standard InChI is InChI=1S/C15H22O2.C11H15NO.4C7H4Cl2O/c1-14(2,3)11-7-10(9-16)8-12(13(11)17)15(4,5)6;1-3-12(4-2)11-7-5-10(9-13)6-8-11;8-6-1-5(4-10)2-7(9)3-6;8-6-2-1-5(4-10)7(9)3-6;8-6-2-1-5(4-10)3-7(6)9;8-6-2-1-3-7(9)5(6)4-10/h7-9,17H,1-6H3;5-9H,3-4H2,1-2H3;4*1-4H. The summed E-state index contributed by atoms with van der Waals surface area (Å²) >= 11 is 44.8. The van der Waals surface area contributed by atoms with E-state index >= 15 is 0 Å². The number of aldehydes is 6. The van der Waals surface area contributed by atoms with Crippen molar-refractivity contribution in [2.45, 2.75) is 66.2 Å². The first-order valence-electron chi connectivity index (χ1n) is 21.1. The Bertz CT molecular complexity index is 2600. The van der Waals surface area contributed by atoms with Gasteiger partial charge >= 0.3 is 0 Å². The topological polar surface area (TPSA) is 126 Å². The van der Waals surface area contributed by atoms with Gasteiger partial charge < -0.3 is 10.0 Å². The predicted molar refractivity (Wildman–Crippen MR) is 294 cm³/mol. The van der Waals surface area contributed by atoms with Gasteiger partial charge in [-0.05, 0) is 122 Å². The van der Waals surface area contributed by atoms with Gasteiger partial charge in [-0.1, -0.05) is 146 Å². The number of carbonyl (C=O) groups is 6. The molecule has 0 unspecified atom stereocenters. The van der Waals surface area contributed by atoms with Crippen LogP contribution in [0.1, 0.15) is 129 Å². The van der Waals surface area contributed by atoms with E-state index in [0.717, 1.165) is 48.6 Å².